The fraction of sp³-hybridized carbons (Fsp3) is 0.250. The predicted molar refractivity (Wildman–Crippen MR) is 82.1 cm³/mol. The van der Waals surface area contributed by atoms with Gasteiger partial charge in [-0.15, -0.1) is 0 Å². The minimum Gasteiger partial charge on any atom is -0.484 e. The quantitative estimate of drug-likeness (QED) is 0.852. The van der Waals surface area contributed by atoms with Gasteiger partial charge in [-0.1, -0.05) is 25.1 Å². The van der Waals surface area contributed by atoms with E-state index in [4.69, 9.17) is 10.5 Å². The van der Waals surface area contributed by atoms with E-state index in [2.05, 4.69) is 17.2 Å². The van der Waals surface area contributed by atoms with E-state index in [1.807, 2.05) is 30.3 Å². The van der Waals surface area contributed by atoms with Crippen molar-refractivity contribution in [3.63, 3.8) is 0 Å². The van der Waals surface area contributed by atoms with Crippen LogP contribution in [0.5, 0.6) is 5.75 Å². The highest BCUT2D eigenvalue weighted by molar-refractivity contribution is 5.90. The zero-order chi connectivity index (χ0) is 15.1. The first-order valence-electron chi connectivity index (χ1n) is 6.88. The Bertz CT molecular complexity index is 597. The fourth-order valence-electron chi connectivity index (χ4n) is 1.80. The molecule has 0 aliphatic heterocycles. The molecule has 0 radical (unpaired) electrons. The summed E-state index contributed by atoms with van der Waals surface area (Å²) >= 11 is 0. The summed E-state index contributed by atoms with van der Waals surface area (Å²) in [6.45, 7) is 2.45. The molecular weight excluding hydrogens is 266 g/mol. The Balaban J connectivity index is 1.86. The molecule has 0 aliphatic rings. The van der Waals surface area contributed by atoms with E-state index < -0.39 is 0 Å². The molecule has 110 valence electrons. The summed E-state index contributed by atoms with van der Waals surface area (Å²) in [4.78, 5) is 15.9. The van der Waals surface area contributed by atoms with E-state index in [1.54, 1.807) is 12.3 Å². The van der Waals surface area contributed by atoms with Crippen molar-refractivity contribution in [1.29, 1.82) is 0 Å². The van der Waals surface area contributed by atoms with Crippen LogP contribution >= 0.6 is 0 Å². The van der Waals surface area contributed by atoms with E-state index >= 15 is 0 Å². The molecule has 2 rings (SSSR count). The number of amides is 1. The van der Waals surface area contributed by atoms with Gasteiger partial charge >= 0.3 is 0 Å². The van der Waals surface area contributed by atoms with Crippen LogP contribution in [0.15, 0.2) is 42.6 Å². The molecule has 0 bridgehead atoms. The zero-order valence-electron chi connectivity index (χ0n) is 12.0. The molecule has 1 aromatic heterocycles. The Morgan fingerprint density at radius 1 is 1.29 bits per heavy atom. The molecule has 1 amide bonds. The maximum atomic E-state index is 11.8. The minimum absolute atomic E-state index is 0.0481. The number of nitrogens with one attached hydrogen (secondary N) is 1. The number of carbonyl (C=O) groups is 1. The Morgan fingerprint density at radius 3 is 2.81 bits per heavy atom. The van der Waals surface area contributed by atoms with Crippen LogP contribution in [0.2, 0.25) is 0 Å². The molecule has 0 saturated carbocycles. The number of pyridine rings is 1. The topological polar surface area (TPSA) is 77.2 Å². The normalized spacial score (nSPS) is 10.2. The van der Waals surface area contributed by atoms with Crippen LogP contribution in [0.1, 0.15) is 18.1 Å². The monoisotopic (exact) mass is 285 g/mol. The van der Waals surface area contributed by atoms with Gasteiger partial charge < -0.3 is 15.8 Å². The van der Waals surface area contributed by atoms with Gasteiger partial charge in [-0.2, -0.15) is 0 Å². The van der Waals surface area contributed by atoms with E-state index in [1.165, 1.54) is 5.56 Å². The van der Waals surface area contributed by atoms with Gasteiger partial charge in [0, 0.05) is 12.7 Å². The van der Waals surface area contributed by atoms with Crippen molar-refractivity contribution in [3.8, 4) is 5.75 Å². The molecule has 21 heavy (non-hydrogen) atoms. The summed E-state index contributed by atoms with van der Waals surface area (Å²) in [5.41, 5.74) is 7.58. The maximum absolute atomic E-state index is 11.8. The molecule has 5 nitrogen and oxygen atoms in total. The highest BCUT2D eigenvalue weighted by Gasteiger charge is 2.05. The Kier molecular flexibility index (Phi) is 5.29. The fourth-order valence-corrected chi connectivity index (χ4v) is 1.80. The van der Waals surface area contributed by atoms with Crippen LogP contribution in [-0.2, 0) is 17.8 Å². The lowest BCUT2D eigenvalue weighted by molar-refractivity contribution is -0.118. The molecule has 1 heterocycles. The molecule has 1 aromatic carbocycles. The molecule has 0 unspecified atom stereocenters. The lowest BCUT2D eigenvalue weighted by Gasteiger charge is -2.08. The van der Waals surface area contributed by atoms with Gasteiger partial charge in [-0.3, -0.25) is 4.79 Å². The summed E-state index contributed by atoms with van der Waals surface area (Å²) in [6.07, 6.45) is 2.57. The standard InChI is InChI=1S/C16H19N3O2/c1-2-12-4-3-5-14(8-12)21-11-16(20)19-15-7-6-13(9-17)10-18-15/h3-8,10H,2,9,11,17H2,1H3,(H,18,19,20). The molecule has 3 N–H and O–H groups in total. The number of nitrogens with two attached hydrogens (primary N) is 1. The number of benzene rings is 1. The average molecular weight is 285 g/mol. The Labute approximate surface area is 124 Å². The number of hydrogen-bond donors (Lipinski definition) is 2. The summed E-state index contributed by atoms with van der Waals surface area (Å²) in [5.74, 6) is 0.934. The van der Waals surface area contributed by atoms with E-state index in [9.17, 15) is 4.79 Å². The van der Waals surface area contributed by atoms with Crippen molar-refractivity contribution < 1.29 is 9.53 Å². The van der Waals surface area contributed by atoms with Crippen LogP contribution in [-0.4, -0.2) is 17.5 Å². The second-order valence-corrected chi connectivity index (χ2v) is 4.59. The molecule has 0 spiro atoms. The third kappa shape index (κ3) is 4.57. The third-order valence-electron chi connectivity index (χ3n) is 3.00. The second-order valence-electron chi connectivity index (χ2n) is 4.59. The van der Waals surface area contributed by atoms with Gasteiger partial charge in [-0.25, -0.2) is 4.98 Å². The van der Waals surface area contributed by atoms with Crippen LogP contribution in [0.4, 0.5) is 5.82 Å². The summed E-state index contributed by atoms with van der Waals surface area (Å²) in [5, 5.41) is 2.68. The predicted octanol–water partition coefficient (Wildman–Crippen LogP) is 2.12. The van der Waals surface area contributed by atoms with E-state index in [0.29, 0.717) is 18.1 Å². The van der Waals surface area contributed by atoms with Crippen molar-refractivity contribution in [1.82, 2.24) is 4.98 Å². The van der Waals surface area contributed by atoms with Crippen LogP contribution in [0, 0.1) is 0 Å². The third-order valence-corrected chi connectivity index (χ3v) is 3.00. The average Bonchev–Trinajstić information content (AvgIpc) is 2.54. The number of nitrogens with zero attached hydrogens (tertiary/aromatic N) is 1. The summed E-state index contributed by atoms with van der Waals surface area (Å²) < 4.78 is 5.47. The Hall–Kier alpha value is -2.40. The first-order chi connectivity index (χ1) is 10.2. The molecule has 0 saturated heterocycles. The van der Waals surface area contributed by atoms with Gasteiger partial charge in [0.15, 0.2) is 6.61 Å². The van der Waals surface area contributed by atoms with Crippen molar-refractivity contribution in [2.75, 3.05) is 11.9 Å². The van der Waals surface area contributed by atoms with Crippen molar-refractivity contribution >= 4 is 11.7 Å². The lowest BCUT2D eigenvalue weighted by atomic mass is 10.2. The molecule has 0 aliphatic carbocycles. The summed E-state index contributed by atoms with van der Waals surface area (Å²) in [7, 11) is 0. The van der Waals surface area contributed by atoms with Gasteiger partial charge in [0.25, 0.3) is 5.91 Å². The molecule has 0 fully saturated rings. The van der Waals surface area contributed by atoms with Crippen molar-refractivity contribution in [3.05, 3.63) is 53.7 Å². The van der Waals surface area contributed by atoms with Crippen molar-refractivity contribution in [2.24, 2.45) is 5.73 Å². The van der Waals surface area contributed by atoms with E-state index in [0.717, 1.165) is 12.0 Å². The minimum atomic E-state index is -0.245. The highest BCUT2D eigenvalue weighted by atomic mass is 16.5. The van der Waals surface area contributed by atoms with Gasteiger partial charge in [0.1, 0.15) is 11.6 Å². The smallest absolute Gasteiger partial charge is 0.263 e. The zero-order valence-corrected chi connectivity index (χ0v) is 12.0. The molecule has 0 atom stereocenters. The summed E-state index contributed by atoms with van der Waals surface area (Å²) in [6, 6.07) is 11.3. The maximum Gasteiger partial charge on any atom is 0.263 e. The molecular formula is C16H19N3O2. The number of ether oxygens (including phenoxy) is 1. The van der Waals surface area contributed by atoms with Crippen LogP contribution in [0.3, 0.4) is 0 Å². The Morgan fingerprint density at radius 2 is 2.14 bits per heavy atom. The van der Waals surface area contributed by atoms with Crippen LogP contribution in [0.25, 0.3) is 0 Å². The number of hydrogen-bond acceptors (Lipinski definition) is 4. The van der Waals surface area contributed by atoms with Gasteiger partial charge in [0.2, 0.25) is 0 Å². The number of anilines is 1. The number of carbonyl (C=O) groups excluding carboxylic acids is 1. The number of aromatic nitrogens is 1. The number of rotatable bonds is 6. The van der Waals surface area contributed by atoms with E-state index in [-0.39, 0.29) is 12.5 Å². The van der Waals surface area contributed by atoms with Gasteiger partial charge in [0.05, 0.1) is 0 Å². The first-order valence-corrected chi connectivity index (χ1v) is 6.88. The van der Waals surface area contributed by atoms with Gasteiger partial charge in [-0.05, 0) is 35.7 Å². The number of aryl methyl sites for hydroxylation is 1. The molecule has 2 aromatic rings. The highest BCUT2D eigenvalue weighted by Crippen LogP contribution is 2.13. The van der Waals surface area contributed by atoms with Crippen LogP contribution < -0.4 is 15.8 Å². The SMILES string of the molecule is CCc1cccc(OCC(=O)Nc2ccc(CN)cn2)c1. The lowest BCUT2D eigenvalue weighted by Crippen LogP contribution is -2.20. The molecule has 5 heteroatoms. The second kappa shape index (κ2) is 7.40. The van der Waals surface area contributed by atoms with Crippen molar-refractivity contribution in [2.45, 2.75) is 19.9 Å². The largest absolute Gasteiger partial charge is 0.484 e. The first kappa shape index (κ1) is 15.0.